The number of aromatic hydroxyl groups is 1. The van der Waals surface area contributed by atoms with Gasteiger partial charge in [0, 0.05) is 36.9 Å². The van der Waals surface area contributed by atoms with Crippen molar-refractivity contribution in [2.75, 3.05) is 0 Å². The number of nitrogens with zero attached hydrogens (tertiary/aromatic N) is 2. The van der Waals surface area contributed by atoms with Gasteiger partial charge in [0.15, 0.2) is 0 Å². The number of rotatable bonds is 3. The number of aromatic nitrogens is 2. The maximum absolute atomic E-state index is 11.6. The number of aromatic amines is 2. The minimum absolute atomic E-state index is 0. The number of hydrogen-bond acceptors (Lipinski definition) is 5. The smallest absolute Gasteiger partial charge is 0.239 e. The molecule has 0 bridgehead atoms. The van der Waals surface area contributed by atoms with Crippen molar-refractivity contribution in [3.05, 3.63) is 77.9 Å². The summed E-state index contributed by atoms with van der Waals surface area (Å²) in [6.45, 7) is 2.00. The van der Waals surface area contributed by atoms with Crippen LogP contribution in [0.3, 0.4) is 0 Å². The first-order valence-electron chi connectivity index (χ1n) is 7.41. The van der Waals surface area contributed by atoms with Gasteiger partial charge >= 0.3 is 0 Å². The number of imidazole rings is 1. The van der Waals surface area contributed by atoms with Gasteiger partial charge in [-0.1, -0.05) is 48.2 Å². The van der Waals surface area contributed by atoms with Crippen LogP contribution in [0.5, 0.6) is 11.5 Å². The largest absolute Gasteiger partial charge is 2.00 e. The fraction of sp³-hybridized carbons (Fsp3) is 0.0556. The van der Waals surface area contributed by atoms with Gasteiger partial charge in [0.2, 0.25) is 6.33 Å². The Bertz CT molecular complexity index is 874. The Morgan fingerprint density at radius 3 is 2.17 bits per heavy atom. The number of aryl methyl sites for hydroxylation is 1. The van der Waals surface area contributed by atoms with E-state index >= 15 is 0 Å². The van der Waals surface area contributed by atoms with Crippen LogP contribution >= 0.6 is 0 Å². The zero-order valence-electron chi connectivity index (χ0n) is 15.8. The zero-order valence-corrected chi connectivity index (χ0v) is 17.2. The number of phenolic OH excluding ortho intramolecular Hbond substituents is 1. The Labute approximate surface area is 184 Å². The second kappa shape index (κ2) is 17.9. The molecule has 0 atom stereocenters. The van der Waals surface area contributed by atoms with E-state index in [1.165, 1.54) is 24.4 Å². The summed E-state index contributed by atoms with van der Waals surface area (Å²) in [5.41, 5.74) is 1.57. The molecule has 1 heterocycles. The average Bonchev–Trinajstić information content (AvgIpc) is 3.08. The molecule has 0 amide bonds. The molecule has 3 aromatic rings. The van der Waals surface area contributed by atoms with E-state index in [1.807, 2.05) is 13.1 Å². The van der Waals surface area contributed by atoms with Crippen molar-refractivity contribution < 1.29 is 60.8 Å². The third-order valence-corrected chi connectivity index (χ3v) is 3.08. The molecule has 12 heteroatoms. The molecule has 11 nitrogen and oxygen atoms in total. The second-order valence-corrected chi connectivity index (χ2v) is 4.99. The fourth-order valence-corrected chi connectivity index (χ4v) is 1.80. The molecule has 2 aromatic carbocycles. The summed E-state index contributed by atoms with van der Waals surface area (Å²) in [5.74, 6) is -1.02. The summed E-state index contributed by atoms with van der Waals surface area (Å²) in [4.78, 5) is 5.82. The van der Waals surface area contributed by atoms with Crippen LogP contribution in [-0.2, 0) is 29.5 Å². The van der Waals surface area contributed by atoms with Gasteiger partial charge in [-0.25, -0.2) is 4.98 Å². The molecule has 0 spiro atoms. The summed E-state index contributed by atoms with van der Waals surface area (Å²) in [7, 11) is 0. The summed E-state index contributed by atoms with van der Waals surface area (Å²) in [5, 5.41) is 39.4. The summed E-state index contributed by atoms with van der Waals surface area (Å²) in [6, 6.07) is 12.3. The zero-order chi connectivity index (χ0) is 18.1. The van der Waals surface area contributed by atoms with Crippen LogP contribution in [0.2, 0.25) is 0 Å². The Hall–Kier alpha value is -3.19. The van der Waals surface area contributed by atoms with Crippen LogP contribution < -0.4 is 15.2 Å². The molecule has 30 heavy (non-hydrogen) atoms. The van der Waals surface area contributed by atoms with Gasteiger partial charge in [-0.15, -0.1) is 0 Å². The monoisotopic (exact) mass is 456 g/mol. The molecule has 1 aromatic heterocycles. The Morgan fingerprint density at radius 2 is 1.67 bits per heavy atom. The average molecular weight is 456 g/mol. The number of H-pyrrole nitrogens is 2. The molecular weight excluding hydrogens is 435 g/mol. The van der Waals surface area contributed by atoms with E-state index in [9.17, 15) is 15.3 Å². The van der Waals surface area contributed by atoms with Gasteiger partial charge in [-0.3, -0.25) is 4.98 Å². The normalized spacial score (nSPS) is 9.30. The predicted molar refractivity (Wildman–Crippen MR) is 98.8 cm³/mol. The van der Waals surface area contributed by atoms with Crippen molar-refractivity contribution in [2.24, 2.45) is 10.2 Å². The Kier molecular flexibility index (Phi) is 20.5. The van der Waals surface area contributed by atoms with Crippen molar-refractivity contribution in [3.63, 3.8) is 0 Å². The summed E-state index contributed by atoms with van der Waals surface area (Å²) >= 11 is 0. The van der Waals surface area contributed by atoms with E-state index in [2.05, 4.69) is 20.2 Å². The van der Waals surface area contributed by atoms with E-state index in [0.717, 1.165) is 5.69 Å². The van der Waals surface area contributed by atoms with Crippen molar-refractivity contribution in [1.29, 1.82) is 0 Å². The van der Waals surface area contributed by atoms with E-state index in [-0.39, 0.29) is 57.5 Å². The van der Waals surface area contributed by atoms with E-state index in [1.54, 1.807) is 36.7 Å². The number of para-hydroxylation sites is 2. The van der Waals surface area contributed by atoms with Crippen LogP contribution in [0.15, 0.2) is 71.3 Å². The SMILES string of the molecule is Cc1c[nH+]c[nH]1.O.O.[O-2].[O-2].[O-]/C(=N\N=C\c1ccccc1[O-])c1ccccc1O.[V]. The van der Waals surface area contributed by atoms with Gasteiger partial charge < -0.3 is 37.2 Å². The van der Waals surface area contributed by atoms with Crippen molar-refractivity contribution in [1.82, 2.24) is 4.98 Å². The topological polar surface area (TPSA) is 241 Å². The maximum Gasteiger partial charge on any atom is 0.239 e. The van der Waals surface area contributed by atoms with Crippen molar-refractivity contribution >= 4 is 12.1 Å². The molecule has 165 valence electrons. The third-order valence-electron chi connectivity index (χ3n) is 3.08. The minimum atomic E-state index is -0.669. The van der Waals surface area contributed by atoms with Crippen LogP contribution in [-0.4, -0.2) is 33.2 Å². The van der Waals surface area contributed by atoms with Crippen LogP contribution in [0.25, 0.3) is 0 Å². The number of nitrogens with one attached hydrogen (secondary N) is 2. The number of benzene rings is 2. The van der Waals surface area contributed by atoms with Crippen LogP contribution in [0.1, 0.15) is 16.8 Å². The Morgan fingerprint density at radius 1 is 1.07 bits per heavy atom. The van der Waals surface area contributed by atoms with Crippen molar-refractivity contribution in [3.8, 4) is 11.5 Å². The number of hydrogen-bond donors (Lipinski definition) is 2. The van der Waals surface area contributed by atoms with E-state index in [4.69, 9.17) is 0 Å². The molecule has 7 N–H and O–H groups in total. The molecule has 0 unspecified atom stereocenters. The number of phenols is 1. The molecule has 0 aliphatic heterocycles. The molecule has 3 rings (SSSR count). The van der Waals surface area contributed by atoms with E-state index in [0.29, 0.717) is 5.56 Å². The van der Waals surface area contributed by atoms with Gasteiger partial charge in [-0.05, 0) is 11.6 Å². The maximum atomic E-state index is 11.6. The fourth-order valence-electron chi connectivity index (χ4n) is 1.80. The van der Waals surface area contributed by atoms with Gasteiger partial charge in [0.05, 0.1) is 6.21 Å². The summed E-state index contributed by atoms with van der Waals surface area (Å²) < 4.78 is 0. The van der Waals surface area contributed by atoms with E-state index < -0.39 is 5.90 Å². The standard InChI is InChI=1S/C14H12N2O3.C4H6N2.2H2O.2O.V/c17-12-7-3-1-5-10(12)9-15-16-14(19)11-6-2-4-8-13(11)18;1-4-2-5-3-6-4;;;;;/h1-9,17-18H,(H,16,19);2-3H,1H3,(H,5,6);2*1H2;;;/q;;;;2*-2;/p-1/b15-9+;;;;;;. The summed E-state index contributed by atoms with van der Waals surface area (Å²) in [6.07, 6.45) is 4.90. The quantitative estimate of drug-likeness (QED) is 0.282. The van der Waals surface area contributed by atoms with Gasteiger partial charge in [-0.2, -0.15) is 10.2 Å². The predicted octanol–water partition coefficient (Wildman–Crippen LogP) is -1.15. The molecular formula is C18H21N4O7V-5. The molecule has 1 radical (unpaired) electrons. The molecule has 0 fully saturated rings. The Balaban J connectivity index is -0.000000269. The van der Waals surface area contributed by atoms with Crippen molar-refractivity contribution in [2.45, 2.75) is 6.92 Å². The molecule has 0 saturated heterocycles. The van der Waals surface area contributed by atoms with Gasteiger partial charge in [0.1, 0.15) is 17.6 Å². The first-order chi connectivity index (χ1) is 12.1. The second-order valence-electron chi connectivity index (χ2n) is 4.99. The minimum Gasteiger partial charge on any atom is -2.00 e. The van der Waals surface area contributed by atoms with Crippen LogP contribution in [0, 0.1) is 6.92 Å². The third kappa shape index (κ3) is 11.0. The molecule has 0 aliphatic carbocycles. The molecule has 0 saturated carbocycles. The first kappa shape index (κ1) is 34.3. The first-order valence-corrected chi connectivity index (χ1v) is 7.41. The van der Waals surface area contributed by atoms with Gasteiger partial charge in [0.25, 0.3) is 0 Å². The molecule has 0 aliphatic rings. The van der Waals surface area contributed by atoms with Crippen LogP contribution in [0.4, 0.5) is 0 Å².